The summed E-state index contributed by atoms with van der Waals surface area (Å²) in [7, 11) is 0. The van der Waals surface area contributed by atoms with E-state index in [4.69, 9.17) is 9.47 Å². The molecule has 0 atom stereocenters. The summed E-state index contributed by atoms with van der Waals surface area (Å²) in [5.74, 6) is 1.37. The fourth-order valence-corrected chi connectivity index (χ4v) is 1.91. The zero-order valence-corrected chi connectivity index (χ0v) is 10.0. The molecule has 0 fully saturated rings. The highest BCUT2D eigenvalue weighted by molar-refractivity contribution is 5.89. The number of hydrogen-bond acceptors (Lipinski definition) is 4. The molecule has 92 valence electrons. The van der Waals surface area contributed by atoms with E-state index in [-0.39, 0.29) is 6.79 Å². The Bertz CT molecular complexity index is 672. The van der Waals surface area contributed by atoms with E-state index in [1.54, 1.807) is 18.3 Å². The van der Waals surface area contributed by atoms with Crippen LogP contribution in [0.2, 0.25) is 0 Å². The van der Waals surface area contributed by atoms with Gasteiger partial charge in [0.25, 0.3) is 0 Å². The van der Waals surface area contributed by atoms with Crippen molar-refractivity contribution in [2.75, 3.05) is 6.79 Å². The Kier molecular flexibility index (Phi) is 2.87. The van der Waals surface area contributed by atoms with E-state index in [1.807, 2.05) is 30.3 Å². The molecule has 1 aromatic carbocycles. The molecule has 4 nitrogen and oxygen atoms in total. The number of benzene rings is 1. The van der Waals surface area contributed by atoms with E-state index in [0.29, 0.717) is 22.8 Å². The van der Waals surface area contributed by atoms with Crippen molar-refractivity contribution in [2.45, 2.75) is 0 Å². The third-order valence-corrected chi connectivity index (χ3v) is 2.79. The van der Waals surface area contributed by atoms with Gasteiger partial charge in [-0.2, -0.15) is 5.26 Å². The van der Waals surface area contributed by atoms with Gasteiger partial charge >= 0.3 is 0 Å². The molecule has 0 amide bonds. The lowest BCUT2D eigenvalue weighted by molar-refractivity contribution is 0.174. The minimum atomic E-state index is 0.214. The van der Waals surface area contributed by atoms with E-state index < -0.39 is 0 Å². The van der Waals surface area contributed by atoms with Crippen molar-refractivity contribution in [3.63, 3.8) is 0 Å². The van der Waals surface area contributed by atoms with Crippen LogP contribution in [0, 0.1) is 11.3 Å². The maximum Gasteiger partial charge on any atom is 0.231 e. The standard InChI is InChI=1S/C15H10N2O2/c16-9-12(13-5-1-2-7-17-13)8-11-4-3-6-14-15(11)19-10-18-14/h1-8H,10H2. The molecule has 0 N–H and O–H groups in total. The first-order valence-corrected chi connectivity index (χ1v) is 5.80. The van der Waals surface area contributed by atoms with Gasteiger partial charge in [0.2, 0.25) is 6.79 Å². The van der Waals surface area contributed by atoms with Gasteiger partial charge in [-0.1, -0.05) is 18.2 Å². The maximum atomic E-state index is 9.26. The Morgan fingerprint density at radius 3 is 2.95 bits per heavy atom. The zero-order valence-electron chi connectivity index (χ0n) is 10.0. The topological polar surface area (TPSA) is 55.1 Å². The predicted molar refractivity (Wildman–Crippen MR) is 70.3 cm³/mol. The van der Waals surface area contributed by atoms with Gasteiger partial charge in [0.15, 0.2) is 11.5 Å². The first-order chi connectivity index (χ1) is 9.38. The van der Waals surface area contributed by atoms with Crippen LogP contribution in [-0.4, -0.2) is 11.8 Å². The van der Waals surface area contributed by atoms with Gasteiger partial charge < -0.3 is 9.47 Å². The van der Waals surface area contributed by atoms with E-state index in [2.05, 4.69) is 11.1 Å². The Morgan fingerprint density at radius 2 is 2.16 bits per heavy atom. The van der Waals surface area contributed by atoms with Gasteiger partial charge in [-0.05, 0) is 24.3 Å². The van der Waals surface area contributed by atoms with Gasteiger partial charge in [-0.3, -0.25) is 4.98 Å². The van der Waals surface area contributed by atoms with Gasteiger partial charge in [0.1, 0.15) is 6.07 Å². The number of fused-ring (bicyclic) bond motifs is 1. The van der Waals surface area contributed by atoms with Gasteiger partial charge in [-0.15, -0.1) is 0 Å². The summed E-state index contributed by atoms with van der Waals surface area (Å²) < 4.78 is 10.7. The third kappa shape index (κ3) is 2.14. The average Bonchev–Trinajstić information content (AvgIpc) is 2.95. The summed E-state index contributed by atoms with van der Waals surface area (Å²) in [4.78, 5) is 4.18. The molecule has 1 aliphatic rings. The second kappa shape index (κ2) is 4.83. The number of hydrogen-bond donors (Lipinski definition) is 0. The lowest BCUT2D eigenvalue weighted by Gasteiger charge is -2.02. The minimum Gasteiger partial charge on any atom is -0.454 e. The molecule has 3 rings (SSSR count). The molecule has 2 aromatic rings. The highest BCUT2D eigenvalue weighted by Gasteiger charge is 2.16. The second-order valence-electron chi connectivity index (χ2n) is 3.97. The Hall–Kier alpha value is -2.80. The molecule has 2 heterocycles. The summed E-state index contributed by atoms with van der Waals surface area (Å²) in [6.45, 7) is 0.214. The molecule has 0 bridgehead atoms. The number of allylic oxidation sites excluding steroid dienone is 1. The fourth-order valence-electron chi connectivity index (χ4n) is 1.91. The van der Waals surface area contributed by atoms with E-state index in [1.165, 1.54) is 0 Å². The highest BCUT2D eigenvalue weighted by Crippen LogP contribution is 2.36. The van der Waals surface area contributed by atoms with Crippen molar-refractivity contribution in [1.29, 1.82) is 5.26 Å². The van der Waals surface area contributed by atoms with Gasteiger partial charge in [0, 0.05) is 11.8 Å². The number of ether oxygens (including phenoxy) is 2. The fraction of sp³-hybridized carbons (Fsp3) is 0.0667. The summed E-state index contributed by atoms with van der Waals surface area (Å²) >= 11 is 0. The van der Waals surface area contributed by atoms with E-state index in [0.717, 1.165) is 5.56 Å². The Morgan fingerprint density at radius 1 is 1.21 bits per heavy atom. The van der Waals surface area contributed by atoms with Crippen molar-refractivity contribution in [1.82, 2.24) is 4.98 Å². The molecule has 4 heteroatoms. The van der Waals surface area contributed by atoms with Crippen LogP contribution < -0.4 is 9.47 Å². The van der Waals surface area contributed by atoms with Crippen LogP contribution in [0.4, 0.5) is 0 Å². The van der Waals surface area contributed by atoms with Crippen molar-refractivity contribution >= 4 is 11.6 Å². The van der Waals surface area contributed by atoms with Crippen molar-refractivity contribution in [3.8, 4) is 17.6 Å². The van der Waals surface area contributed by atoms with E-state index in [9.17, 15) is 5.26 Å². The Balaban J connectivity index is 2.06. The SMILES string of the molecule is N#CC(=Cc1cccc2c1OCO2)c1ccccn1. The summed E-state index contributed by atoms with van der Waals surface area (Å²) in [5.41, 5.74) is 1.95. The lowest BCUT2D eigenvalue weighted by atomic mass is 10.1. The molecule has 0 saturated carbocycles. The molecule has 19 heavy (non-hydrogen) atoms. The van der Waals surface area contributed by atoms with Crippen molar-refractivity contribution in [3.05, 3.63) is 53.9 Å². The normalized spacial score (nSPS) is 13.1. The van der Waals surface area contributed by atoms with Crippen LogP contribution in [0.15, 0.2) is 42.6 Å². The monoisotopic (exact) mass is 250 g/mol. The van der Waals surface area contributed by atoms with Crippen LogP contribution in [-0.2, 0) is 0 Å². The summed E-state index contributed by atoms with van der Waals surface area (Å²) in [6, 6.07) is 13.2. The average molecular weight is 250 g/mol. The molecule has 1 aliphatic heterocycles. The molecule has 0 radical (unpaired) electrons. The highest BCUT2D eigenvalue weighted by atomic mass is 16.7. The van der Waals surface area contributed by atoms with Crippen LogP contribution >= 0.6 is 0 Å². The van der Waals surface area contributed by atoms with Crippen molar-refractivity contribution in [2.24, 2.45) is 0 Å². The minimum absolute atomic E-state index is 0.214. The zero-order chi connectivity index (χ0) is 13.1. The summed E-state index contributed by atoms with van der Waals surface area (Å²) in [5, 5.41) is 9.26. The van der Waals surface area contributed by atoms with E-state index >= 15 is 0 Å². The van der Waals surface area contributed by atoms with Crippen LogP contribution in [0.5, 0.6) is 11.5 Å². The van der Waals surface area contributed by atoms with Crippen LogP contribution in [0.25, 0.3) is 11.6 Å². The number of para-hydroxylation sites is 1. The summed E-state index contributed by atoms with van der Waals surface area (Å²) in [6.07, 6.45) is 3.42. The Labute approximate surface area is 110 Å². The van der Waals surface area contributed by atoms with Crippen molar-refractivity contribution < 1.29 is 9.47 Å². The molecule has 0 saturated heterocycles. The number of pyridine rings is 1. The molecule has 0 spiro atoms. The predicted octanol–water partition coefficient (Wildman–Crippen LogP) is 2.87. The van der Waals surface area contributed by atoms with Crippen LogP contribution in [0.3, 0.4) is 0 Å². The first-order valence-electron chi connectivity index (χ1n) is 5.80. The smallest absolute Gasteiger partial charge is 0.231 e. The molecule has 0 aliphatic carbocycles. The van der Waals surface area contributed by atoms with Gasteiger partial charge in [-0.25, -0.2) is 0 Å². The van der Waals surface area contributed by atoms with Crippen LogP contribution in [0.1, 0.15) is 11.3 Å². The number of nitrogens with zero attached hydrogens (tertiary/aromatic N) is 2. The quantitative estimate of drug-likeness (QED) is 0.769. The molecular formula is C15H10N2O2. The number of rotatable bonds is 2. The molecule has 0 unspecified atom stereocenters. The molecule has 1 aromatic heterocycles. The van der Waals surface area contributed by atoms with Gasteiger partial charge in [0.05, 0.1) is 11.3 Å². The maximum absolute atomic E-state index is 9.26. The first kappa shape index (κ1) is 11.3. The third-order valence-electron chi connectivity index (χ3n) is 2.79. The lowest BCUT2D eigenvalue weighted by Crippen LogP contribution is -1.93. The number of aromatic nitrogens is 1. The largest absolute Gasteiger partial charge is 0.454 e. The number of nitriles is 1. The second-order valence-corrected chi connectivity index (χ2v) is 3.97. The molecular weight excluding hydrogens is 240 g/mol.